The third kappa shape index (κ3) is 6.28. The number of hydrogen-bond donors (Lipinski definition) is 2. The maximum Gasteiger partial charge on any atom is 0.240 e. The first-order valence-electron chi connectivity index (χ1n) is 11.2. The number of carbonyl (C=O) groups is 1. The van der Waals surface area contributed by atoms with Gasteiger partial charge in [-0.25, -0.2) is 18.1 Å². The van der Waals surface area contributed by atoms with Gasteiger partial charge in [0, 0.05) is 17.6 Å². The summed E-state index contributed by atoms with van der Waals surface area (Å²) in [5.41, 5.74) is 2.37. The zero-order valence-corrected chi connectivity index (χ0v) is 21.7. The van der Waals surface area contributed by atoms with Gasteiger partial charge in [0.05, 0.1) is 22.3 Å². The van der Waals surface area contributed by atoms with Crippen molar-refractivity contribution in [2.45, 2.75) is 49.3 Å². The van der Waals surface area contributed by atoms with Gasteiger partial charge in [-0.05, 0) is 61.2 Å². The second kappa shape index (κ2) is 11.2. The standard InChI is InChI=1S/C25H31N3O4S2/c1-6-22(33-23-14-17(4)20-8-7-9-21(32-5)24(20)28-23)25(29)27-18-10-12-19(13-11-18)34(30,31)26-15-16(2)3/h7-14,16,22,26H,6,15H2,1-5H3,(H,27,29). The lowest BCUT2D eigenvalue weighted by molar-refractivity contribution is -0.115. The third-order valence-corrected chi connectivity index (χ3v) is 7.97. The molecule has 2 N–H and O–H groups in total. The van der Waals surface area contributed by atoms with Gasteiger partial charge < -0.3 is 10.1 Å². The number of hydrogen-bond acceptors (Lipinski definition) is 6. The Labute approximate surface area is 205 Å². The lowest BCUT2D eigenvalue weighted by Crippen LogP contribution is -2.27. The van der Waals surface area contributed by atoms with Gasteiger partial charge in [-0.3, -0.25) is 4.79 Å². The van der Waals surface area contributed by atoms with Crippen molar-refractivity contribution in [3.8, 4) is 5.75 Å². The molecule has 34 heavy (non-hydrogen) atoms. The molecule has 0 saturated heterocycles. The molecule has 1 atom stereocenters. The molecule has 0 saturated carbocycles. The Hall–Kier alpha value is -2.62. The summed E-state index contributed by atoms with van der Waals surface area (Å²) in [6, 6.07) is 14.0. The minimum atomic E-state index is -3.58. The molecule has 7 nitrogen and oxygen atoms in total. The molecule has 3 rings (SSSR count). The molecule has 9 heteroatoms. The number of fused-ring (bicyclic) bond motifs is 1. The lowest BCUT2D eigenvalue weighted by Gasteiger charge is -2.16. The van der Waals surface area contributed by atoms with Gasteiger partial charge in [0.1, 0.15) is 11.3 Å². The molecular weight excluding hydrogens is 470 g/mol. The Bertz CT molecular complexity index is 1260. The molecule has 1 unspecified atom stereocenters. The Kier molecular flexibility index (Phi) is 8.57. The lowest BCUT2D eigenvalue weighted by atomic mass is 10.1. The Morgan fingerprint density at radius 3 is 2.47 bits per heavy atom. The predicted octanol–water partition coefficient (Wildman–Crippen LogP) is 5.00. The molecule has 0 radical (unpaired) electrons. The van der Waals surface area contributed by atoms with Crippen LogP contribution in [0.3, 0.4) is 0 Å². The number of pyridine rings is 1. The molecule has 182 valence electrons. The van der Waals surface area contributed by atoms with Crippen molar-refractivity contribution < 1.29 is 17.9 Å². The molecule has 2 aromatic carbocycles. The molecule has 1 aromatic heterocycles. The molecule has 1 heterocycles. The van der Waals surface area contributed by atoms with E-state index in [1.807, 2.05) is 52.0 Å². The Morgan fingerprint density at radius 1 is 1.15 bits per heavy atom. The van der Waals surface area contributed by atoms with Crippen LogP contribution in [-0.2, 0) is 14.8 Å². The summed E-state index contributed by atoms with van der Waals surface area (Å²) in [7, 11) is -1.96. The molecule has 0 spiro atoms. The van der Waals surface area contributed by atoms with Crippen LogP contribution in [0, 0.1) is 12.8 Å². The van der Waals surface area contributed by atoms with E-state index in [9.17, 15) is 13.2 Å². The number of methoxy groups -OCH3 is 1. The molecular formula is C25H31N3O4S2. The van der Waals surface area contributed by atoms with Crippen LogP contribution in [0.2, 0.25) is 0 Å². The maximum absolute atomic E-state index is 13.0. The molecule has 0 bridgehead atoms. The summed E-state index contributed by atoms with van der Waals surface area (Å²) in [4.78, 5) is 17.9. The fourth-order valence-electron chi connectivity index (χ4n) is 3.35. The normalized spacial score (nSPS) is 12.6. The number of aromatic nitrogens is 1. The van der Waals surface area contributed by atoms with E-state index in [-0.39, 0.29) is 22.0 Å². The highest BCUT2D eigenvalue weighted by atomic mass is 32.2. The first-order valence-corrected chi connectivity index (χ1v) is 13.5. The number of amides is 1. The van der Waals surface area contributed by atoms with Crippen LogP contribution in [0.4, 0.5) is 5.69 Å². The number of carbonyl (C=O) groups excluding carboxylic acids is 1. The van der Waals surface area contributed by atoms with E-state index in [0.717, 1.165) is 21.5 Å². The van der Waals surface area contributed by atoms with E-state index < -0.39 is 10.0 Å². The molecule has 0 aliphatic rings. The van der Waals surface area contributed by atoms with Crippen molar-refractivity contribution in [2.75, 3.05) is 19.0 Å². The molecule has 1 amide bonds. The topological polar surface area (TPSA) is 97.4 Å². The SMILES string of the molecule is CCC(Sc1cc(C)c2cccc(OC)c2n1)C(=O)Nc1ccc(S(=O)(=O)NCC(C)C)cc1. The van der Waals surface area contributed by atoms with Crippen molar-refractivity contribution in [2.24, 2.45) is 5.92 Å². The van der Waals surface area contributed by atoms with Crippen molar-refractivity contribution in [3.05, 3.63) is 54.1 Å². The number of sulfonamides is 1. The number of rotatable bonds is 10. The van der Waals surface area contributed by atoms with Gasteiger partial charge >= 0.3 is 0 Å². The second-order valence-electron chi connectivity index (χ2n) is 8.41. The number of aryl methyl sites for hydroxylation is 1. The van der Waals surface area contributed by atoms with Gasteiger partial charge in [-0.2, -0.15) is 0 Å². The number of benzene rings is 2. The largest absolute Gasteiger partial charge is 0.494 e. The van der Waals surface area contributed by atoms with Crippen molar-refractivity contribution in [3.63, 3.8) is 0 Å². The predicted molar refractivity (Wildman–Crippen MR) is 138 cm³/mol. The highest BCUT2D eigenvalue weighted by Crippen LogP contribution is 2.32. The van der Waals surface area contributed by atoms with Crippen LogP contribution in [0.1, 0.15) is 32.8 Å². The molecule has 0 aliphatic heterocycles. The average Bonchev–Trinajstić information content (AvgIpc) is 2.81. The summed E-state index contributed by atoms with van der Waals surface area (Å²) in [5.74, 6) is 0.734. The van der Waals surface area contributed by atoms with Crippen LogP contribution in [0.25, 0.3) is 10.9 Å². The summed E-state index contributed by atoms with van der Waals surface area (Å²) in [5, 5.41) is 4.28. The number of ether oxygens (including phenoxy) is 1. The minimum Gasteiger partial charge on any atom is -0.494 e. The van der Waals surface area contributed by atoms with E-state index in [1.54, 1.807) is 19.2 Å². The number of thioether (sulfide) groups is 1. The van der Waals surface area contributed by atoms with Crippen LogP contribution < -0.4 is 14.8 Å². The number of nitrogens with one attached hydrogen (secondary N) is 2. The van der Waals surface area contributed by atoms with E-state index in [1.165, 1.54) is 23.9 Å². The Balaban J connectivity index is 1.73. The summed E-state index contributed by atoms with van der Waals surface area (Å²) < 4.78 is 32.8. The van der Waals surface area contributed by atoms with E-state index in [0.29, 0.717) is 24.4 Å². The fraction of sp³-hybridized carbons (Fsp3) is 0.360. The van der Waals surface area contributed by atoms with E-state index in [2.05, 4.69) is 10.0 Å². The van der Waals surface area contributed by atoms with E-state index in [4.69, 9.17) is 9.72 Å². The molecule has 0 fully saturated rings. The van der Waals surface area contributed by atoms with Gasteiger partial charge in [0.25, 0.3) is 0 Å². The van der Waals surface area contributed by atoms with Gasteiger partial charge in [-0.1, -0.05) is 44.7 Å². The first kappa shape index (κ1) is 26.0. The quantitative estimate of drug-likeness (QED) is 0.380. The van der Waals surface area contributed by atoms with Crippen molar-refractivity contribution in [1.29, 1.82) is 0 Å². The van der Waals surface area contributed by atoms with Crippen LogP contribution in [0.5, 0.6) is 5.75 Å². The number of nitrogens with zero attached hydrogens (tertiary/aromatic N) is 1. The minimum absolute atomic E-state index is 0.164. The number of para-hydroxylation sites is 1. The van der Waals surface area contributed by atoms with E-state index >= 15 is 0 Å². The average molecular weight is 502 g/mol. The zero-order chi connectivity index (χ0) is 24.9. The molecule has 3 aromatic rings. The van der Waals surface area contributed by atoms with Crippen molar-refractivity contribution in [1.82, 2.24) is 9.71 Å². The van der Waals surface area contributed by atoms with Crippen LogP contribution in [0.15, 0.2) is 58.5 Å². The highest BCUT2D eigenvalue weighted by molar-refractivity contribution is 8.00. The fourth-order valence-corrected chi connectivity index (χ4v) is 5.58. The summed E-state index contributed by atoms with van der Waals surface area (Å²) in [6.07, 6.45) is 0.604. The highest BCUT2D eigenvalue weighted by Gasteiger charge is 2.21. The van der Waals surface area contributed by atoms with Gasteiger partial charge in [0.2, 0.25) is 15.9 Å². The second-order valence-corrected chi connectivity index (χ2v) is 11.4. The smallest absolute Gasteiger partial charge is 0.240 e. The zero-order valence-electron chi connectivity index (χ0n) is 20.1. The van der Waals surface area contributed by atoms with Crippen LogP contribution >= 0.6 is 11.8 Å². The molecule has 0 aliphatic carbocycles. The summed E-state index contributed by atoms with van der Waals surface area (Å²) >= 11 is 1.40. The first-order chi connectivity index (χ1) is 16.1. The third-order valence-electron chi connectivity index (χ3n) is 5.25. The monoisotopic (exact) mass is 501 g/mol. The van der Waals surface area contributed by atoms with Crippen LogP contribution in [-0.4, -0.2) is 38.2 Å². The van der Waals surface area contributed by atoms with Gasteiger partial charge in [0.15, 0.2) is 0 Å². The Morgan fingerprint density at radius 2 is 1.85 bits per heavy atom. The van der Waals surface area contributed by atoms with Gasteiger partial charge in [-0.15, -0.1) is 0 Å². The maximum atomic E-state index is 13.0. The van der Waals surface area contributed by atoms with Crippen molar-refractivity contribution >= 4 is 44.3 Å². The summed E-state index contributed by atoms with van der Waals surface area (Å²) in [6.45, 7) is 8.20. The number of anilines is 1.